The van der Waals surface area contributed by atoms with E-state index in [2.05, 4.69) is 5.10 Å². The molecule has 6 heteroatoms. The Hall–Kier alpha value is -1.40. The van der Waals surface area contributed by atoms with Crippen molar-refractivity contribution >= 4 is 5.97 Å². The number of carboxylic acid groups (broad SMARTS) is 1. The van der Waals surface area contributed by atoms with Gasteiger partial charge in [-0.15, -0.1) is 0 Å². The Morgan fingerprint density at radius 2 is 2.39 bits per heavy atom. The second-order valence-electron chi connectivity index (χ2n) is 4.88. The first-order valence-electron chi connectivity index (χ1n) is 5.99. The van der Waals surface area contributed by atoms with Gasteiger partial charge in [-0.2, -0.15) is 5.10 Å². The van der Waals surface area contributed by atoms with Gasteiger partial charge in [-0.05, 0) is 14.0 Å². The molecule has 0 radical (unpaired) electrons. The molecule has 1 saturated heterocycles. The fourth-order valence-corrected chi connectivity index (χ4v) is 2.40. The monoisotopic (exact) mass is 253 g/mol. The summed E-state index contributed by atoms with van der Waals surface area (Å²) in [5.41, 5.74) is 2.10. The summed E-state index contributed by atoms with van der Waals surface area (Å²) in [6.07, 6.45) is 1.97. The van der Waals surface area contributed by atoms with E-state index in [4.69, 9.17) is 9.84 Å². The first kappa shape index (κ1) is 13.0. The molecule has 2 rings (SSSR count). The van der Waals surface area contributed by atoms with Crippen molar-refractivity contribution in [2.45, 2.75) is 19.5 Å². The van der Waals surface area contributed by atoms with Gasteiger partial charge in [-0.3, -0.25) is 14.4 Å². The van der Waals surface area contributed by atoms with E-state index in [1.807, 2.05) is 32.1 Å². The van der Waals surface area contributed by atoms with Crippen LogP contribution in [0, 0.1) is 12.8 Å². The highest BCUT2D eigenvalue weighted by Crippen LogP contribution is 2.21. The van der Waals surface area contributed by atoms with Crippen molar-refractivity contribution in [3.63, 3.8) is 0 Å². The summed E-state index contributed by atoms with van der Waals surface area (Å²) >= 11 is 0. The maximum Gasteiger partial charge on any atom is 0.310 e. The third kappa shape index (κ3) is 2.54. The van der Waals surface area contributed by atoms with Crippen LogP contribution >= 0.6 is 0 Å². The number of aromatic nitrogens is 2. The van der Waals surface area contributed by atoms with Crippen LogP contribution in [-0.4, -0.2) is 52.1 Å². The Labute approximate surface area is 106 Å². The number of nitrogens with zero attached hydrogens (tertiary/aromatic N) is 3. The molecule has 1 fully saturated rings. The van der Waals surface area contributed by atoms with Gasteiger partial charge >= 0.3 is 5.97 Å². The topological polar surface area (TPSA) is 67.6 Å². The lowest BCUT2D eigenvalue weighted by atomic mass is 10.0. The smallest absolute Gasteiger partial charge is 0.310 e. The quantitative estimate of drug-likeness (QED) is 0.833. The maximum atomic E-state index is 11.1. The molecule has 0 amide bonds. The summed E-state index contributed by atoms with van der Waals surface area (Å²) in [4.78, 5) is 13.2. The average Bonchev–Trinajstić information content (AvgIpc) is 2.86. The van der Waals surface area contributed by atoms with Crippen molar-refractivity contribution in [1.82, 2.24) is 14.7 Å². The molecule has 2 unspecified atom stereocenters. The normalized spacial score (nSPS) is 23.8. The van der Waals surface area contributed by atoms with Crippen LogP contribution in [-0.2, 0) is 23.1 Å². The minimum absolute atomic E-state index is 0.0675. The van der Waals surface area contributed by atoms with Crippen LogP contribution in [0.1, 0.15) is 11.3 Å². The van der Waals surface area contributed by atoms with Gasteiger partial charge in [0.15, 0.2) is 0 Å². The Balaban J connectivity index is 2.05. The zero-order valence-electron chi connectivity index (χ0n) is 11.0. The lowest BCUT2D eigenvalue weighted by Gasteiger charge is -2.25. The molecule has 18 heavy (non-hydrogen) atoms. The summed E-state index contributed by atoms with van der Waals surface area (Å²) in [5, 5.41) is 13.4. The summed E-state index contributed by atoms with van der Waals surface area (Å²) < 4.78 is 7.06. The highest BCUT2D eigenvalue weighted by Gasteiger charge is 2.36. The van der Waals surface area contributed by atoms with Gasteiger partial charge in [0.2, 0.25) is 0 Å². The van der Waals surface area contributed by atoms with Crippen LogP contribution in [0.5, 0.6) is 0 Å². The standard InChI is InChI=1S/C12H19N3O3/c1-8-9(5-15(3)13-8)4-14(2)11-7-18-6-10(11)12(16)17/h5,10-11H,4,6-7H2,1-3H3,(H,16,17). The second kappa shape index (κ2) is 5.07. The number of rotatable bonds is 4. The number of carboxylic acids is 1. The molecule has 2 heterocycles. The molecule has 1 aromatic rings. The average molecular weight is 253 g/mol. The van der Waals surface area contributed by atoms with Crippen LogP contribution in [0.15, 0.2) is 6.20 Å². The SMILES string of the molecule is Cc1nn(C)cc1CN(C)C1COCC1C(=O)O. The van der Waals surface area contributed by atoms with Crippen LogP contribution in [0.4, 0.5) is 0 Å². The zero-order valence-corrected chi connectivity index (χ0v) is 11.0. The second-order valence-corrected chi connectivity index (χ2v) is 4.88. The van der Waals surface area contributed by atoms with Crippen LogP contribution in [0.25, 0.3) is 0 Å². The van der Waals surface area contributed by atoms with E-state index in [1.165, 1.54) is 0 Å². The molecule has 100 valence electrons. The molecule has 2 atom stereocenters. The summed E-state index contributed by atoms with van der Waals surface area (Å²) in [5.74, 6) is -1.22. The van der Waals surface area contributed by atoms with E-state index in [0.29, 0.717) is 19.8 Å². The van der Waals surface area contributed by atoms with Gasteiger partial charge < -0.3 is 9.84 Å². The lowest BCUT2D eigenvalue weighted by molar-refractivity contribution is -0.143. The molecule has 0 saturated carbocycles. The predicted molar refractivity (Wildman–Crippen MR) is 65.1 cm³/mol. The van der Waals surface area contributed by atoms with Crippen molar-refractivity contribution in [2.24, 2.45) is 13.0 Å². The molecular formula is C12H19N3O3. The van der Waals surface area contributed by atoms with E-state index in [0.717, 1.165) is 11.3 Å². The van der Waals surface area contributed by atoms with E-state index in [-0.39, 0.29) is 6.04 Å². The van der Waals surface area contributed by atoms with Gasteiger partial charge in [0.05, 0.1) is 24.8 Å². The largest absolute Gasteiger partial charge is 0.481 e. The van der Waals surface area contributed by atoms with Crippen molar-refractivity contribution in [2.75, 3.05) is 20.3 Å². The van der Waals surface area contributed by atoms with Gasteiger partial charge in [0.25, 0.3) is 0 Å². The summed E-state index contributed by atoms with van der Waals surface area (Å²) in [7, 11) is 3.82. The predicted octanol–water partition coefficient (Wildman–Crippen LogP) is 0.260. The number of likely N-dealkylation sites (N-methyl/N-ethyl adjacent to an activating group) is 1. The first-order chi connectivity index (χ1) is 8.49. The number of aryl methyl sites for hydroxylation is 2. The fraction of sp³-hybridized carbons (Fsp3) is 0.667. The van der Waals surface area contributed by atoms with Crippen molar-refractivity contribution in [3.8, 4) is 0 Å². The first-order valence-corrected chi connectivity index (χ1v) is 5.99. The Morgan fingerprint density at radius 1 is 1.67 bits per heavy atom. The van der Waals surface area contributed by atoms with E-state index in [9.17, 15) is 4.79 Å². The highest BCUT2D eigenvalue weighted by atomic mass is 16.5. The maximum absolute atomic E-state index is 11.1. The van der Waals surface area contributed by atoms with Gasteiger partial charge in [-0.1, -0.05) is 0 Å². The molecule has 1 aliphatic heterocycles. The van der Waals surface area contributed by atoms with Gasteiger partial charge in [0.1, 0.15) is 0 Å². The molecular weight excluding hydrogens is 234 g/mol. The summed E-state index contributed by atoms with van der Waals surface area (Å²) in [6.45, 7) is 3.43. The van der Waals surface area contributed by atoms with Crippen molar-refractivity contribution < 1.29 is 14.6 Å². The van der Waals surface area contributed by atoms with Crippen LogP contribution in [0.3, 0.4) is 0 Å². The molecule has 0 aromatic carbocycles. The highest BCUT2D eigenvalue weighted by molar-refractivity contribution is 5.71. The molecule has 0 bridgehead atoms. The molecule has 0 aliphatic carbocycles. The van der Waals surface area contributed by atoms with Crippen LogP contribution < -0.4 is 0 Å². The summed E-state index contributed by atoms with van der Waals surface area (Å²) in [6, 6.07) is -0.0675. The van der Waals surface area contributed by atoms with Gasteiger partial charge in [-0.25, -0.2) is 0 Å². The number of carbonyl (C=O) groups is 1. The number of ether oxygens (including phenoxy) is 1. The Morgan fingerprint density at radius 3 is 2.94 bits per heavy atom. The van der Waals surface area contributed by atoms with E-state index in [1.54, 1.807) is 4.68 Å². The number of hydrogen-bond donors (Lipinski definition) is 1. The van der Waals surface area contributed by atoms with Crippen molar-refractivity contribution in [3.05, 3.63) is 17.5 Å². The third-order valence-electron chi connectivity index (χ3n) is 3.47. The Bertz CT molecular complexity index is 444. The van der Waals surface area contributed by atoms with Crippen molar-refractivity contribution in [1.29, 1.82) is 0 Å². The minimum atomic E-state index is -0.785. The lowest BCUT2D eigenvalue weighted by Crippen LogP contribution is -2.40. The van der Waals surface area contributed by atoms with Gasteiger partial charge in [0, 0.05) is 31.4 Å². The molecule has 1 aromatic heterocycles. The fourth-order valence-electron chi connectivity index (χ4n) is 2.40. The molecule has 1 N–H and O–H groups in total. The van der Waals surface area contributed by atoms with Crippen LogP contribution in [0.2, 0.25) is 0 Å². The molecule has 6 nitrogen and oxygen atoms in total. The minimum Gasteiger partial charge on any atom is -0.481 e. The molecule has 0 spiro atoms. The zero-order chi connectivity index (χ0) is 13.3. The third-order valence-corrected chi connectivity index (χ3v) is 3.47. The number of hydrogen-bond acceptors (Lipinski definition) is 4. The molecule has 1 aliphatic rings. The van der Waals surface area contributed by atoms with E-state index < -0.39 is 11.9 Å². The van der Waals surface area contributed by atoms with E-state index >= 15 is 0 Å². The number of aliphatic carboxylic acids is 1. The Kier molecular flexibility index (Phi) is 3.68.